The van der Waals surface area contributed by atoms with Crippen molar-refractivity contribution in [1.82, 2.24) is 0 Å². The van der Waals surface area contributed by atoms with Crippen molar-refractivity contribution in [2.75, 3.05) is 0 Å². The maximum atomic E-state index is 2.00. The Labute approximate surface area is 194 Å². The fourth-order valence-electron chi connectivity index (χ4n) is 1.60. The largest absolute Gasteiger partial charge is 4.00 e. The van der Waals surface area contributed by atoms with Crippen molar-refractivity contribution in [3.8, 4) is 0 Å². The summed E-state index contributed by atoms with van der Waals surface area (Å²) in [6, 6.07) is 50.0. The minimum absolute atomic E-state index is 0. The van der Waals surface area contributed by atoms with Crippen LogP contribution in [0, 0.1) is 22.3 Å². The van der Waals surface area contributed by atoms with E-state index in [0.717, 1.165) is 0 Å². The maximum Gasteiger partial charge on any atom is 4.00 e. The molecule has 0 radical (unpaired) electrons. The monoisotopic (exact) mass is 565 g/mol. The molecule has 0 aromatic heterocycles. The Hall–Kier alpha value is -2.56. The Morgan fingerprint density at radius 3 is 0.379 bits per heavy atom. The maximum absolute atomic E-state index is 2.00. The number of hydrogen-bond donors (Lipinski definition) is 0. The quantitative estimate of drug-likeness (QED) is 0.166. The van der Waals surface area contributed by atoms with Gasteiger partial charge in [-0.05, 0) is 0 Å². The van der Waals surface area contributed by atoms with Crippen LogP contribution in [-0.4, -0.2) is 0 Å². The molecule has 5 rings (SSSR count). The Bertz CT molecular complexity index is 441. The molecular formula is C28H34Pt-4. The molecule has 0 aliphatic rings. The van der Waals surface area contributed by atoms with Gasteiger partial charge in [-0.2, -0.15) is 91.0 Å². The van der Waals surface area contributed by atoms with Crippen molar-refractivity contribution in [1.29, 1.82) is 0 Å². The molecule has 0 saturated carbocycles. The minimum atomic E-state index is 0. The van der Waals surface area contributed by atoms with Crippen LogP contribution in [0.25, 0.3) is 0 Å². The van der Waals surface area contributed by atoms with Gasteiger partial charge in [0.05, 0.1) is 0 Å². The van der Waals surface area contributed by atoms with Crippen LogP contribution in [0.15, 0.2) is 152 Å². The fourth-order valence-corrected chi connectivity index (χ4v) is 1.60. The van der Waals surface area contributed by atoms with Gasteiger partial charge in [-0.15, -0.1) is 0 Å². The predicted octanol–water partition coefficient (Wildman–Crippen LogP) is 8.38. The van der Waals surface area contributed by atoms with E-state index in [1.807, 2.05) is 152 Å². The van der Waals surface area contributed by atoms with Crippen LogP contribution in [0.3, 0.4) is 0 Å². The van der Waals surface area contributed by atoms with E-state index in [1.165, 1.54) is 0 Å². The minimum Gasteiger partial charge on any atom is -0.358 e. The summed E-state index contributed by atoms with van der Waals surface area (Å²) in [7, 11) is 0. The second-order valence-corrected chi connectivity index (χ2v) is 4.81. The average molecular weight is 566 g/mol. The van der Waals surface area contributed by atoms with Gasteiger partial charge < -0.3 is 22.3 Å². The smallest absolute Gasteiger partial charge is 0.358 e. The Morgan fingerprint density at radius 1 is 0.241 bits per heavy atom. The average Bonchev–Trinajstić information content (AvgIpc) is 3.55. The van der Waals surface area contributed by atoms with Gasteiger partial charge in [-0.1, -0.05) is 0 Å². The standard InChI is InChI=1S/5C5H5.3CH3.Pt/c5*1-2-4-5-3-1;;;;/h5*1-5H;3*1H3;/q8*-1;+4. The van der Waals surface area contributed by atoms with Crippen molar-refractivity contribution < 1.29 is 21.1 Å². The van der Waals surface area contributed by atoms with Crippen LogP contribution < -0.4 is 0 Å². The van der Waals surface area contributed by atoms with Crippen molar-refractivity contribution >= 4 is 0 Å². The molecule has 0 N–H and O–H groups in total. The van der Waals surface area contributed by atoms with Gasteiger partial charge in [-0.25, -0.2) is 60.7 Å². The van der Waals surface area contributed by atoms with Crippen molar-refractivity contribution in [2.45, 2.75) is 0 Å². The van der Waals surface area contributed by atoms with E-state index < -0.39 is 0 Å². The van der Waals surface area contributed by atoms with Crippen LogP contribution in [-0.2, 0) is 21.1 Å². The summed E-state index contributed by atoms with van der Waals surface area (Å²) in [6.07, 6.45) is 0. The third-order valence-electron chi connectivity index (χ3n) is 2.78. The Kier molecular flexibility index (Phi) is 35.4. The van der Waals surface area contributed by atoms with E-state index in [9.17, 15) is 0 Å². The van der Waals surface area contributed by atoms with Gasteiger partial charge in [0.25, 0.3) is 0 Å². The first-order chi connectivity index (χ1) is 12.5. The van der Waals surface area contributed by atoms with E-state index >= 15 is 0 Å². The topological polar surface area (TPSA) is 0 Å². The normalized spacial score (nSPS) is 6.90. The van der Waals surface area contributed by atoms with Crippen molar-refractivity contribution in [2.24, 2.45) is 0 Å². The molecule has 0 saturated heterocycles. The molecule has 0 heterocycles. The van der Waals surface area contributed by atoms with Gasteiger partial charge in [0.2, 0.25) is 0 Å². The molecule has 0 atom stereocenters. The summed E-state index contributed by atoms with van der Waals surface area (Å²) in [5.41, 5.74) is 0. The van der Waals surface area contributed by atoms with Gasteiger partial charge >= 0.3 is 21.1 Å². The zero-order chi connectivity index (χ0) is 17.7. The third kappa shape index (κ3) is 27.8. The molecular weight excluding hydrogens is 531 g/mol. The molecule has 29 heavy (non-hydrogen) atoms. The van der Waals surface area contributed by atoms with E-state index in [2.05, 4.69) is 0 Å². The van der Waals surface area contributed by atoms with E-state index in [-0.39, 0.29) is 43.3 Å². The first-order valence-corrected chi connectivity index (χ1v) is 8.33. The molecule has 0 amide bonds. The zero-order valence-electron chi connectivity index (χ0n) is 17.7. The van der Waals surface area contributed by atoms with Crippen LogP contribution in [0.5, 0.6) is 0 Å². The first kappa shape index (κ1) is 34.0. The van der Waals surface area contributed by atoms with Gasteiger partial charge in [0.1, 0.15) is 0 Å². The molecule has 0 aliphatic heterocycles. The molecule has 0 bridgehead atoms. The zero-order valence-corrected chi connectivity index (χ0v) is 20.0. The van der Waals surface area contributed by atoms with E-state index in [4.69, 9.17) is 0 Å². The molecule has 0 aliphatic carbocycles. The molecule has 0 unspecified atom stereocenters. The molecule has 0 nitrogen and oxygen atoms in total. The Morgan fingerprint density at radius 2 is 0.345 bits per heavy atom. The molecule has 1 heteroatoms. The van der Waals surface area contributed by atoms with Crippen LogP contribution in [0.4, 0.5) is 0 Å². The SMILES string of the molecule is [CH3-].[CH3-].[CH3-].[Pt+4].c1cc[cH-]c1.c1cc[cH-]c1.c1cc[cH-]c1.c1cc[cH-]c1.c1cc[cH-]c1. The molecule has 5 aromatic rings. The summed E-state index contributed by atoms with van der Waals surface area (Å²) in [6.45, 7) is 0. The second kappa shape index (κ2) is 30.2. The third-order valence-corrected chi connectivity index (χ3v) is 2.78. The molecule has 0 fully saturated rings. The number of hydrogen-bond acceptors (Lipinski definition) is 0. The summed E-state index contributed by atoms with van der Waals surface area (Å²) in [5, 5.41) is 0. The predicted molar refractivity (Wildman–Crippen MR) is 129 cm³/mol. The number of rotatable bonds is 0. The van der Waals surface area contributed by atoms with Gasteiger partial charge in [0, 0.05) is 0 Å². The van der Waals surface area contributed by atoms with Crippen molar-refractivity contribution in [3.63, 3.8) is 0 Å². The van der Waals surface area contributed by atoms with Crippen LogP contribution in [0.2, 0.25) is 0 Å². The molecule has 5 aromatic carbocycles. The summed E-state index contributed by atoms with van der Waals surface area (Å²) in [5.74, 6) is 0. The first-order valence-electron chi connectivity index (χ1n) is 8.33. The second-order valence-electron chi connectivity index (χ2n) is 4.81. The van der Waals surface area contributed by atoms with Gasteiger partial charge in [-0.3, -0.25) is 0 Å². The summed E-state index contributed by atoms with van der Waals surface area (Å²) in [4.78, 5) is 0. The van der Waals surface area contributed by atoms with Crippen molar-refractivity contribution in [3.05, 3.63) is 174 Å². The summed E-state index contributed by atoms with van der Waals surface area (Å²) < 4.78 is 0. The summed E-state index contributed by atoms with van der Waals surface area (Å²) >= 11 is 0. The Balaban J connectivity index is -0.000000130. The van der Waals surface area contributed by atoms with E-state index in [0.29, 0.717) is 0 Å². The fraction of sp³-hybridized carbons (Fsp3) is 0. The van der Waals surface area contributed by atoms with E-state index in [1.54, 1.807) is 0 Å². The molecule has 0 spiro atoms. The molecule has 160 valence electrons. The van der Waals surface area contributed by atoms with Crippen LogP contribution >= 0.6 is 0 Å². The van der Waals surface area contributed by atoms with Gasteiger partial charge in [0.15, 0.2) is 0 Å². The van der Waals surface area contributed by atoms with Crippen LogP contribution in [0.1, 0.15) is 0 Å².